The van der Waals surface area contributed by atoms with E-state index >= 15 is 0 Å². The number of nitrogens with one attached hydrogen (secondary N) is 2. The van der Waals surface area contributed by atoms with Crippen molar-refractivity contribution in [3.05, 3.63) is 32.4 Å². The van der Waals surface area contributed by atoms with E-state index in [1.165, 1.54) is 16.9 Å². The summed E-state index contributed by atoms with van der Waals surface area (Å²) in [4.78, 5) is 12.5. The summed E-state index contributed by atoms with van der Waals surface area (Å²) >= 11 is 4.79. The molecule has 2 heterocycles. The Kier molecular flexibility index (Phi) is 4.15. The first-order valence-electron chi connectivity index (χ1n) is 5.16. The molecule has 0 fully saturated rings. The third-order valence-corrected chi connectivity index (χ3v) is 4.12. The minimum absolute atomic E-state index is 0.00938. The van der Waals surface area contributed by atoms with Crippen LogP contribution in [-0.4, -0.2) is 25.5 Å². The van der Waals surface area contributed by atoms with Gasteiger partial charge in [-0.2, -0.15) is 0 Å². The van der Waals surface area contributed by atoms with Crippen LogP contribution in [0.15, 0.2) is 27.6 Å². The lowest BCUT2D eigenvalue weighted by molar-refractivity contribution is 0.0960. The van der Waals surface area contributed by atoms with Crippen LogP contribution in [0.4, 0.5) is 0 Å². The molecule has 3 nitrogen and oxygen atoms in total. The largest absolute Gasteiger partial charge is 0.348 e. The molecule has 0 atom stereocenters. The number of rotatable bonds is 3. The van der Waals surface area contributed by atoms with Crippen LogP contribution in [0, 0.1) is 0 Å². The third kappa shape index (κ3) is 3.17. The van der Waals surface area contributed by atoms with Gasteiger partial charge in [0.05, 0.1) is 4.88 Å². The molecule has 5 heteroatoms. The summed E-state index contributed by atoms with van der Waals surface area (Å²) in [5.74, 6) is 0.00938. The van der Waals surface area contributed by atoms with Gasteiger partial charge in [-0.3, -0.25) is 4.79 Å². The molecule has 1 aromatic rings. The van der Waals surface area contributed by atoms with Crippen molar-refractivity contribution in [3.8, 4) is 0 Å². The molecule has 0 aliphatic carbocycles. The highest BCUT2D eigenvalue weighted by Crippen LogP contribution is 2.19. The molecule has 2 N–H and O–H groups in total. The Morgan fingerprint density at radius 2 is 2.50 bits per heavy atom. The van der Waals surface area contributed by atoms with Crippen LogP contribution < -0.4 is 10.6 Å². The standard InChI is InChI=1S/C11H13BrN2OS/c12-9-5-10(16-7-9)11(15)14-6-8-1-3-13-4-2-8/h1,5,7,13H,2-4,6H2,(H,14,15). The van der Waals surface area contributed by atoms with Crippen LogP contribution in [0.1, 0.15) is 16.1 Å². The van der Waals surface area contributed by atoms with E-state index in [1.807, 2.05) is 11.4 Å². The fourth-order valence-electron chi connectivity index (χ4n) is 1.54. The molecule has 0 unspecified atom stereocenters. The predicted molar refractivity (Wildman–Crippen MR) is 69.9 cm³/mol. The lowest BCUT2D eigenvalue weighted by Crippen LogP contribution is -2.29. The summed E-state index contributed by atoms with van der Waals surface area (Å²) < 4.78 is 0.962. The normalized spacial score (nSPS) is 15.7. The summed E-state index contributed by atoms with van der Waals surface area (Å²) in [6, 6.07) is 1.84. The number of carbonyl (C=O) groups excluding carboxylic acids is 1. The predicted octanol–water partition coefficient (Wildman–Crippen LogP) is 2.16. The minimum Gasteiger partial charge on any atom is -0.348 e. The molecule has 86 valence electrons. The van der Waals surface area contributed by atoms with Gasteiger partial charge in [0.25, 0.3) is 5.91 Å². The maximum absolute atomic E-state index is 11.7. The van der Waals surface area contributed by atoms with E-state index in [2.05, 4.69) is 32.6 Å². The monoisotopic (exact) mass is 300 g/mol. The van der Waals surface area contributed by atoms with Crippen molar-refractivity contribution in [2.45, 2.75) is 6.42 Å². The fraction of sp³-hybridized carbons (Fsp3) is 0.364. The number of halogens is 1. The van der Waals surface area contributed by atoms with Crippen molar-refractivity contribution < 1.29 is 4.79 Å². The molecular formula is C11H13BrN2OS. The van der Waals surface area contributed by atoms with Gasteiger partial charge in [-0.15, -0.1) is 11.3 Å². The first-order valence-corrected chi connectivity index (χ1v) is 6.84. The number of thiophene rings is 1. The second kappa shape index (κ2) is 5.61. The smallest absolute Gasteiger partial charge is 0.261 e. The second-order valence-electron chi connectivity index (χ2n) is 3.63. The Hall–Kier alpha value is -0.650. The molecule has 1 aliphatic heterocycles. The SMILES string of the molecule is O=C(NCC1=CCNCC1)c1cc(Br)cs1. The molecule has 0 aromatic carbocycles. The highest BCUT2D eigenvalue weighted by molar-refractivity contribution is 9.10. The van der Waals surface area contributed by atoms with Gasteiger partial charge in [-0.1, -0.05) is 11.6 Å². The number of carbonyl (C=O) groups is 1. The highest BCUT2D eigenvalue weighted by Gasteiger charge is 2.09. The molecule has 2 rings (SSSR count). The van der Waals surface area contributed by atoms with E-state index in [0.29, 0.717) is 6.54 Å². The summed E-state index contributed by atoms with van der Waals surface area (Å²) in [6.45, 7) is 2.58. The first-order chi connectivity index (χ1) is 7.75. The average molecular weight is 301 g/mol. The Bertz CT molecular complexity index is 414. The third-order valence-electron chi connectivity index (χ3n) is 2.43. The van der Waals surface area contributed by atoms with Gasteiger partial charge < -0.3 is 10.6 Å². The van der Waals surface area contributed by atoms with Crippen LogP contribution >= 0.6 is 27.3 Å². The molecular weight excluding hydrogens is 288 g/mol. The van der Waals surface area contributed by atoms with Crippen LogP contribution in [0.5, 0.6) is 0 Å². The van der Waals surface area contributed by atoms with E-state index in [1.54, 1.807) is 0 Å². The molecule has 0 saturated carbocycles. The van der Waals surface area contributed by atoms with Crippen molar-refractivity contribution in [2.75, 3.05) is 19.6 Å². The quantitative estimate of drug-likeness (QED) is 0.840. The van der Waals surface area contributed by atoms with Gasteiger partial charge in [0.15, 0.2) is 0 Å². The van der Waals surface area contributed by atoms with Crippen molar-refractivity contribution in [3.63, 3.8) is 0 Å². The first kappa shape index (κ1) is 11.8. The zero-order valence-electron chi connectivity index (χ0n) is 8.75. The van der Waals surface area contributed by atoms with Crippen LogP contribution in [0.2, 0.25) is 0 Å². The molecule has 1 aromatic heterocycles. The summed E-state index contributed by atoms with van der Waals surface area (Å²) in [5, 5.41) is 8.10. The van der Waals surface area contributed by atoms with Gasteiger partial charge in [0.2, 0.25) is 0 Å². The number of hydrogen-bond acceptors (Lipinski definition) is 3. The fourth-order valence-corrected chi connectivity index (χ4v) is 2.89. The van der Waals surface area contributed by atoms with Crippen molar-refractivity contribution >= 4 is 33.2 Å². The van der Waals surface area contributed by atoms with Crippen LogP contribution in [-0.2, 0) is 0 Å². The minimum atomic E-state index is 0.00938. The lowest BCUT2D eigenvalue weighted by Gasteiger charge is -2.14. The van der Waals surface area contributed by atoms with E-state index in [-0.39, 0.29) is 5.91 Å². The molecule has 0 bridgehead atoms. The topological polar surface area (TPSA) is 41.1 Å². The Morgan fingerprint density at radius 1 is 1.62 bits per heavy atom. The molecule has 1 aliphatic rings. The Balaban J connectivity index is 1.86. The molecule has 16 heavy (non-hydrogen) atoms. The number of hydrogen-bond donors (Lipinski definition) is 2. The Morgan fingerprint density at radius 3 is 3.12 bits per heavy atom. The zero-order chi connectivity index (χ0) is 11.4. The zero-order valence-corrected chi connectivity index (χ0v) is 11.2. The second-order valence-corrected chi connectivity index (χ2v) is 5.46. The molecule has 0 saturated heterocycles. The Labute approximate surface area is 107 Å². The molecule has 0 radical (unpaired) electrons. The van der Waals surface area contributed by atoms with E-state index < -0.39 is 0 Å². The number of amides is 1. The van der Waals surface area contributed by atoms with Gasteiger partial charge in [0.1, 0.15) is 0 Å². The van der Waals surface area contributed by atoms with Crippen molar-refractivity contribution in [1.82, 2.24) is 10.6 Å². The maximum atomic E-state index is 11.7. The van der Waals surface area contributed by atoms with Gasteiger partial charge in [-0.05, 0) is 35.0 Å². The molecule has 1 amide bonds. The maximum Gasteiger partial charge on any atom is 0.261 e. The highest BCUT2D eigenvalue weighted by atomic mass is 79.9. The van der Waals surface area contributed by atoms with E-state index in [9.17, 15) is 4.79 Å². The summed E-state index contributed by atoms with van der Waals surface area (Å²) in [6.07, 6.45) is 3.17. The van der Waals surface area contributed by atoms with Crippen LogP contribution in [0.3, 0.4) is 0 Å². The van der Waals surface area contributed by atoms with Crippen molar-refractivity contribution in [1.29, 1.82) is 0 Å². The lowest BCUT2D eigenvalue weighted by atomic mass is 10.1. The summed E-state index contributed by atoms with van der Waals surface area (Å²) in [5.41, 5.74) is 1.31. The van der Waals surface area contributed by atoms with Gasteiger partial charge in [-0.25, -0.2) is 0 Å². The van der Waals surface area contributed by atoms with Gasteiger partial charge in [0, 0.05) is 22.9 Å². The van der Waals surface area contributed by atoms with Crippen molar-refractivity contribution in [2.24, 2.45) is 0 Å². The van der Waals surface area contributed by atoms with Crippen LogP contribution in [0.25, 0.3) is 0 Å². The summed E-state index contributed by atoms with van der Waals surface area (Å²) in [7, 11) is 0. The average Bonchev–Trinajstić information content (AvgIpc) is 2.74. The van der Waals surface area contributed by atoms with E-state index in [0.717, 1.165) is 28.9 Å². The van der Waals surface area contributed by atoms with Gasteiger partial charge >= 0.3 is 0 Å². The molecule has 0 spiro atoms. The van der Waals surface area contributed by atoms with E-state index in [4.69, 9.17) is 0 Å².